The van der Waals surface area contributed by atoms with Gasteiger partial charge in [0.15, 0.2) is 22.8 Å². The molecule has 1 saturated heterocycles. The standard InChI is InChI=1S/C41H72N7O18P3S/c1-4-5-6-7-8-9-10-11-12-13-14-15-16-17-18-19-29(49)24-32(51)70-23-22-43-31(50)20-21-44-39(54)36(53)41(2,3)26-63-69(60,61)66-68(58,59)62-25-30-35(65-67(55,56)57)34(52)40(64-30)48-28-47-33-37(42)45-27-46-38(33)48/h27-28,30,34-36,40,52-53H,4-26H2,1-3H3,(H,43,50)(H,44,54)(H,58,59)(H,60,61)(H2,42,45,46)(H2,55,56,57)/t30-,34-,35-,36+,40-/m1/s1. The number of nitrogens with zero attached hydrogens (tertiary/aromatic N) is 4. The number of carbonyl (C=O) groups is 4. The van der Waals surface area contributed by atoms with E-state index >= 15 is 0 Å². The number of rotatable bonds is 37. The number of unbranched alkanes of at least 4 members (excludes halogenated alkanes) is 14. The van der Waals surface area contributed by atoms with E-state index in [0.717, 1.165) is 54.7 Å². The van der Waals surface area contributed by atoms with E-state index in [4.69, 9.17) is 19.5 Å². The zero-order valence-electron chi connectivity index (χ0n) is 40.0. The van der Waals surface area contributed by atoms with Gasteiger partial charge in [-0.1, -0.05) is 122 Å². The van der Waals surface area contributed by atoms with Crippen molar-refractivity contribution in [3.05, 3.63) is 12.7 Å². The van der Waals surface area contributed by atoms with Gasteiger partial charge in [-0.05, 0) is 6.42 Å². The fourth-order valence-electron chi connectivity index (χ4n) is 7.29. The van der Waals surface area contributed by atoms with E-state index in [2.05, 4.69) is 41.3 Å². The van der Waals surface area contributed by atoms with E-state index < -0.39 is 84.6 Å². The maximum atomic E-state index is 12.7. The lowest BCUT2D eigenvalue weighted by molar-refractivity contribution is -0.137. The van der Waals surface area contributed by atoms with Crippen LogP contribution in [0.25, 0.3) is 11.2 Å². The van der Waals surface area contributed by atoms with E-state index in [0.29, 0.717) is 6.42 Å². The Hall–Kier alpha value is -2.77. The molecule has 1 aliphatic rings. The number of aromatic nitrogens is 4. The molecule has 1 fully saturated rings. The van der Waals surface area contributed by atoms with Gasteiger partial charge in [-0.15, -0.1) is 0 Å². The monoisotopic (exact) mass is 1080 g/mol. The van der Waals surface area contributed by atoms with Crippen molar-refractivity contribution in [3.8, 4) is 0 Å². The predicted molar refractivity (Wildman–Crippen MR) is 256 cm³/mol. The highest BCUT2D eigenvalue weighted by molar-refractivity contribution is 8.13. The van der Waals surface area contributed by atoms with Crippen molar-refractivity contribution >= 4 is 74.9 Å². The molecule has 2 aromatic rings. The van der Waals surface area contributed by atoms with Gasteiger partial charge in [0.1, 0.15) is 42.0 Å². The number of Topliss-reactive ketones (excluding diaryl/α,β-unsaturated/α-hetero) is 1. The molecule has 0 aromatic carbocycles. The lowest BCUT2D eigenvalue weighted by Gasteiger charge is -2.30. The minimum absolute atomic E-state index is 0.0267. The number of aliphatic hydroxyl groups is 2. The van der Waals surface area contributed by atoms with Crippen molar-refractivity contribution in [3.63, 3.8) is 0 Å². The summed E-state index contributed by atoms with van der Waals surface area (Å²) in [7, 11) is -16.4. The number of hydrogen-bond donors (Lipinski definition) is 9. The Morgan fingerprint density at radius 2 is 1.43 bits per heavy atom. The maximum Gasteiger partial charge on any atom is 0.481 e. The Kier molecular flexibility index (Phi) is 26.7. The first-order valence-corrected chi connectivity index (χ1v) is 29.0. The van der Waals surface area contributed by atoms with E-state index in [9.17, 15) is 62.7 Å². The number of anilines is 1. The molecular weight excluding hydrogens is 1000 g/mol. The van der Waals surface area contributed by atoms with Gasteiger partial charge >= 0.3 is 23.5 Å². The Morgan fingerprint density at radius 3 is 2.03 bits per heavy atom. The number of aliphatic hydroxyl groups excluding tert-OH is 2. The SMILES string of the molecule is CCCCCCCCCCCCCCCCCC(=O)CC(=O)SCCNC(=O)CCNC(=O)[C@H](O)C(C)(C)COP(=O)(O)OP(=O)(O)OC[C@H]1O[C@@H](n2cnc3c(N)ncnc32)[C@H](O)[C@@H]1OP(=O)(O)O. The molecule has 400 valence electrons. The number of ether oxygens (including phenoxy) is 1. The largest absolute Gasteiger partial charge is 0.481 e. The number of phosphoric ester groups is 3. The van der Waals surface area contributed by atoms with Crippen LogP contribution in [0.3, 0.4) is 0 Å². The summed E-state index contributed by atoms with van der Waals surface area (Å²) in [4.78, 5) is 101. The lowest BCUT2D eigenvalue weighted by atomic mass is 9.87. The Labute approximate surface area is 412 Å². The molecule has 0 radical (unpaired) electrons. The van der Waals surface area contributed by atoms with E-state index in [1.54, 1.807) is 0 Å². The van der Waals surface area contributed by atoms with Crippen LogP contribution >= 0.6 is 35.2 Å². The number of nitrogen functional groups attached to an aromatic ring is 1. The highest BCUT2D eigenvalue weighted by atomic mass is 32.2. The molecule has 25 nitrogen and oxygen atoms in total. The van der Waals surface area contributed by atoms with Gasteiger partial charge in [0.2, 0.25) is 11.8 Å². The predicted octanol–water partition coefficient (Wildman–Crippen LogP) is 4.89. The van der Waals surface area contributed by atoms with Gasteiger partial charge in [0.05, 0.1) is 26.0 Å². The molecule has 0 bridgehead atoms. The zero-order chi connectivity index (χ0) is 52.0. The van der Waals surface area contributed by atoms with Gasteiger partial charge in [-0.3, -0.25) is 37.3 Å². The lowest BCUT2D eigenvalue weighted by Crippen LogP contribution is -2.46. The minimum Gasteiger partial charge on any atom is -0.386 e. The van der Waals surface area contributed by atoms with Crippen molar-refractivity contribution in [2.45, 2.75) is 167 Å². The summed E-state index contributed by atoms with van der Waals surface area (Å²) in [5.74, 6) is -1.39. The number of hydrogen-bond acceptors (Lipinski definition) is 19. The van der Waals surface area contributed by atoms with Crippen LogP contribution < -0.4 is 16.4 Å². The van der Waals surface area contributed by atoms with Gasteiger partial charge in [-0.2, -0.15) is 4.31 Å². The third-order valence-corrected chi connectivity index (χ3v) is 15.1. The molecule has 3 rings (SSSR count). The number of carbonyl (C=O) groups excluding carboxylic acids is 4. The number of amides is 2. The summed E-state index contributed by atoms with van der Waals surface area (Å²) >= 11 is 0.942. The van der Waals surface area contributed by atoms with E-state index in [-0.39, 0.29) is 59.6 Å². The number of nitrogens with one attached hydrogen (secondary N) is 2. The second kappa shape index (κ2) is 30.4. The average Bonchev–Trinajstić information content (AvgIpc) is 3.84. The van der Waals surface area contributed by atoms with E-state index in [1.807, 2.05) is 0 Å². The molecule has 0 aliphatic carbocycles. The summed E-state index contributed by atoms with van der Waals surface area (Å²) < 4.78 is 62.4. The second-order valence-electron chi connectivity index (χ2n) is 17.7. The first kappa shape index (κ1) is 61.5. The molecule has 2 aromatic heterocycles. The van der Waals surface area contributed by atoms with Crippen LogP contribution in [0.2, 0.25) is 0 Å². The van der Waals surface area contributed by atoms with Crippen LogP contribution in [-0.2, 0) is 55.5 Å². The zero-order valence-corrected chi connectivity index (χ0v) is 43.5. The van der Waals surface area contributed by atoms with Gasteiger partial charge < -0.3 is 50.9 Å². The van der Waals surface area contributed by atoms with Crippen LogP contribution in [0.4, 0.5) is 5.82 Å². The Bertz CT molecular complexity index is 2120. The smallest absolute Gasteiger partial charge is 0.386 e. The Balaban J connectivity index is 1.28. The molecule has 0 spiro atoms. The maximum absolute atomic E-state index is 12.7. The quantitative estimate of drug-likeness (QED) is 0.0247. The minimum atomic E-state index is -5.59. The molecule has 7 atom stereocenters. The summed E-state index contributed by atoms with van der Waals surface area (Å²) in [5, 5.41) is 26.2. The normalized spacial score (nSPS) is 19.7. The number of ketones is 1. The molecule has 2 unspecified atom stereocenters. The summed E-state index contributed by atoms with van der Waals surface area (Å²) in [6, 6.07) is 0. The fourth-order valence-corrected chi connectivity index (χ4v) is 10.8. The van der Waals surface area contributed by atoms with Crippen LogP contribution in [-0.4, -0.2) is 128 Å². The Morgan fingerprint density at radius 1 is 0.843 bits per heavy atom. The topological polar surface area (TPSA) is 381 Å². The number of thioether (sulfide) groups is 1. The first-order valence-electron chi connectivity index (χ1n) is 23.5. The molecular formula is C41H72N7O18P3S. The number of nitrogens with two attached hydrogens (primary N) is 1. The van der Waals surface area contributed by atoms with Crippen molar-refractivity contribution in [1.29, 1.82) is 0 Å². The van der Waals surface area contributed by atoms with Gasteiger partial charge in [0.25, 0.3) is 0 Å². The number of phosphoric acid groups is 3. The molecule has 70 heavy (non-hydrogen) atoms. The van der Waals surface area contributed by atoms with Crippen LogP contribution in [0.5, 0.6) is 0 Å². The average molecular weight is 1080 g/mol. The van der Waals surface area contributed by atoms with E-state index in [1.165, 1.54) is 84.5 Å². The van der Waals surface area contributed by atoms with Crippen LogP contribution in [0.1, 0.15) is 143 Å². The van der Waals surface area contributed by atoms with Gasteiger partial charge in [-0.25, -0.2) is 28.6 Å². The van der Waals surface area contributed by atoms with Crippen molar-refractivity contribution in [2.24, 2.45) is 5.41 Å². The summed E-state index contributed by atoms with van der Waals surface area (Å²) in [6.07, 6.45) is 11.6. The second-order valence-corrected chi connectivity index (χ2v) is 23.1. The van der Waals surface area contributed by atoms with Gasteiger partial charge in [0, 0.05) is 37.1 Å². The first-order chi connectivity index (χ1) is 32.9. The number of imidazole rings is 1. The van der Waals surface area contributed by atoms with Crippen LogP contribution in [0.15, 0.2) is 12.7 Å². The van der Waals surface area contributed by atoms with Crippen molar-refractivity contribution in [2.75, 3.05) is 37.8 Å². The summed E-state index contributed by atoms with van der Waals surface area (Å²) in [5.41, 5.74) is 4.25. The molecule has 29 heteroatoms. The highest BCUT2D eigenvalue weighted by Crippen LogP contribution is 2.61. The third kappa shape index (κ3) is 23.0. The molecule has 2 amide bonds. The molecule has 1 aliphatic heterocycles. The fraction of sp³-hybridized carbons (Fsp3) is 0.780. The van der Waals surface area contributed by atoms with Crippen molar-refractivity contribution in [1.82, 2.24) is 30.2 Å². The van der Waals surface area contributed by atoms with Crippen LogP contribution in [0, 0.1) is 5.41 Å². The highest BCUT2D eigenvalue weighted by Gasteiger charge is 2.50. The van der Waals surface area contributed by atoms with Crippen molar-refractivity contribution < 1.29 is 85.3 Å². The molecule has 10 N–H and O–H groups in total. The molecule has 3 heterocycles. The summed E-state index contributed by atoms with van der Waals surface area (Å²) in [6.45, 7) is 2.58. The third-order valence-electron chi connectivity index (χ3n) is 11.2. The molecule has 0 saturated carbocycles. The number of fused-ring (bicyclic) bond motifs is 1.